The molecule has 1 spiro atoms. The average molecular weight is 902 g/mol. The number of hydrogen-bond acceptors (Lipinski definition) is 1. The van der Waals surface area contributed by atoms with Gasteiger partial charge in [-0.15, -0.1) is 0 Å². The molecule has 15 rings (SSSR count). The third-order valence-electron chi connectivity index (χ3n) is 16.5. The highest BCUT2D eigenvalue weighted by Crippen LogP contribution is 2.64. The summed E-state index contributed by atoms with van der Waals surface area (Å²) in [6.45, 7) is 4.78. The van der Waals surface area contributed by atoms with Crippen molar-refractivity contribution in [2.45, 2.75) is 24.7 Å². The van der Waals surface area contributed by atoms with E-state index in [1.807, 2.05) is 0 Å². The Kier molecular flexibility index (Phi) is 8.40. The van der Waals surface area contributed by atoms with Gasteiger partial charge in [0.1, 0.15) is 0 Å². The molecule has 71 heavy (non-hydrogen) atoms. The Morgan fingerprint density at radius 2 is 0.563 bits per heavy atom. The molecule has 0 amide bonds. The quantitative estimate of drug-likeness (QED) is 0.171. The molecular formula is C70H47N. The van der Waals surface area contributed by atoms with Crippen molar-refractivity contribution in [1.82, 2.24) is 0 Å². The van der Waals surface area contributed by atoms with Crippen LogP contribution in [-0.2, 0) is 10.8 Å². The van der Waals surface area contributed by atoms with E-state index in [0.717, 1.165) is 17.1 Å². The SMILES string of the molecule is CC1(C)c2ccccc2-c2ccc(N(c3ccc4c(c3)-c3ccccc3-c3ccccc3-c3ccccc3-4)c3cccc4c3-c3ccccc3C43c4ccccc4-c4ccccc4-c4ccccc43)cc21. The highest BCUT2D eigenvalue weighted by Gasteiger charge is 2.51. The molecule has 4 aliphatic carbocycles. The Hall–Kier alpha value is -8.78. The lowest BCUT2D eigenvalue weighted by Crippen LogP contribution is -2.29. The number of fused-ring (bicyclic) bond motifs is 23. The highest BCUT2D eigenvalue weighted by molar-refractivity contribution is 6.06. The molecule has 0 N–H and O–H groups in total. The summed E-state index contributed by atoms with van der Waals surface area (Å²) in [5.74, 6) is 0. The van der Waals surface area contributed by atoms with Crippen molar-refractivity contribution in [3.63, 3.8) is 0 Å². The molecule has 0 bridgehead atoms. The molecule has 0 radical (unpaired) electrons. The Morgan fingerprint density at radius 3 is 1.07 bits per heavy atom. The molecule has 11 aromatic rings. The Balaban J connectivity index is 1.05. The predicted octanol–water partition coefficient (Wildman–Crippen LogP) is 18.5. The van der Waals surface area contributed by atoms with Crippen LogP contribution in [0, 0.1) is 0 Å². The predicted molar refractivity (Wildman–Crippen MR) is 296 cm³/mol. The number of anilines is 3. The summed E-state index contributed by atoms with van der Waals surface area (Å²) < 4.78 is 0. The molecule has 0 atom stereocenters. The van der Waals surface area contributed by atoms with Crippen molar-refractivity contribution in [1.29, 1.82) is 0 Å². The van der Waals surface area contributed by atoms with Gasteiger partial charge in [0.05, 0.1) is 11.1 Å². The van der Waals surface area contributed by atoms with Crippen LogP contribution in [0.15, 0.2) is 249 Å². The van der Waals surface area contributed by atoms with E-state index in [0.29, 0.717) is 0 Å². The van der Waals surface area contributed by atoms with Gasteiger partial charge in [0.25, 0.3) is 0 Å². The standard InChI is InChI=1S/C70H47N/c1-69(2)61-32-15-11-30-57(61)58-41-39-45(43-66(58)69)71(44-38-40-54-50-24-6-5-22-48(50)46-20-3-4-21-47(46)49-23-7-10-27-53(49)60(54)42-44)67-37-19-36-65-68(67)59-31-14-18-35-64(59)70(65)62-33-16-12-28-55(62)51-25-8-9-26-52(51)56-29-13-17-34-63(56)70/h3-43H,1-2H3. The lowest BCUT2D eigenvalue weighted by atomic mass is 9.66. The van der Waals surface area contributed by atoms with Gasteiger partial charge in [-0.25, -0.2) is 0 Å². The molecule has 0 unspecified atom stereocenters. The number of nitrogens with zero attached hydrogens (tertiary/aromatic N) is 1. The van der Waals surface area contributed by atoms with Crippen molar-refractivity contribution in [2.75, 3.05) is 4.90 Å². The molecular weight excluding hydrogens is 855 g/mol. The second kappa shape index (κ2) is 14.9. The zero-order valence-corrected chi connectivity index (χ0v) is 39.6. The molecule has 1 nitrogen and oxygen atoms in total. The summed E-state index contributed by atoms with van der Waals surface area (Å²) in [7, 11) is 0. The first kappa shape index (κ1) is 40.1. The molecule has 0 aromatic heterocycles. The van der Waals surface area contributed by atoms with Crippen LogP contribution in [0.3, 0.4) is 0 Å². The lowest BCUT2D eigenvalue weighted by Gasteiger charge is -2.36. The van der Waals surface area contributed by atoms with Crippen LogP contribution >= 0.6 is 0 Å². The van der Waals surface area contributed by atoms with Gasteiger partial charge in [0.2, 0.25) is 0 Å². The minimum Gasteiger partial charge on any atom is -0.310 e. The molecule has 1 heteroatoms. The van der Waals surface area contributed by atoms with Crippen molar-refractivity contribution in [2.24, 2.45) is 0 Å². The van der Waals surface area contributed by atoms with Crippen molar-refractivity contribution in [3.05, 3.63) is 282 Å². The normalized spacial score (nSPS) is 14.0. The highest BCUT2D eigenvalue weighted by atomic mass is 15.1. The van der Waals surface area contributed by atoms with Gasteiger partial charge in [-0.3, -0.25) is 0 Å². The monoisotopic (exact) mass is 901 g/mol. The summed E-state index contributed by atoms with van der Waals surface area (Å²) in [5.41, 5.74) is 30.7. The Bertz CT molecular complexity index is 3980. The second-order valence-electron chi connectivity index (χ2n) is 20.2. The fourth-order valence-electron chi connectivity index (χ4n) is 13.5. The van der Waals surface area contributed by atoms with E-state index in [2.05, 4.69) is 267 Å². The van der Waals surface area contributed by atoms with Gasteiger partial charge < -0.3 is 4.90 Å². The van der Waals surface area contributed by atoms with E-state index < -0.39 is 5.41 Å². The maximum Gasteiger partial charge on any atom is 0.0726 e. The fraction of sp³-hybridized carbons (Fsp3) is 0.0571. The van der Waals surface area contributed by atoms with Crippen molar-refractivity contribution in [3.8, 4) is 89.0 Å². The van der Waals surface area contributed by atoms with Crippen LogP contribution < -0.4 is 4.90 Å². The van der Waals surface area contributed by atoms with Crippen LogP contribution in [0.4, 0.5) is 17.1 Å². The molecule has 0 saturated heterocycles. The van der Waals surface area contributed by atoms with Gasteiger partial charge >= 0.3 is 0 Å². The van der Waals surface area contributed by atoms with Gasteiger partial charge in [0, 0.05) is 22.4 Å². The van der Waals surface area contributed by atoms with Gasteiger partial charge in [0.15, 0.2) is 0 Å². The van der Waals surface area contributed by atoms with E-state index >= 15 is 0 Å². The second-order valence-corrected chi connectivity index (χ2v) is 20.2. The Labute approximate surface area is 415 Å². The van der Waals surface area contributed by atoms with Gasteiger partial charge in [-0.05, 0) is 147 Å². The minimum absolute atomic E-state index is 0.187. The summed E-state index contributed by atoms with van der Waals surface area (Å²) in [4.78, 5) is 2.58. The average Bonchev–Trinajstić information content (AvgIpc) is 3.81. The first-order valence-electron chi connectivity index (χ1n) is 25.0. The molecule has 0 heterocycles. The van der Waals surface area contributed by atoms with Crippen LogP contribution in [0.25, 0.3) is 89.0 Å². The summed E-state index contributed by atoms with van der Waals surface area (Å²) in [6, 6.07) is 94.1. The van der Waals surface area contributed by atoms with Crippen LogP contribution in [0.5, 0.6) is 0 Å². The summed E-state index contributed by atoms with van der Waals surface area (Å²) >= 11 is 0. The van der Waals surface area contributed by atoms with E-state index in [1.165, 1.54) is 122 Å². The zero-order valence-electron chi connectivity index (χ0n) is 39.6. The molecule has 0 saturated carbocycles. The molecule has 4 aliphatic rings. The molecule has 11 aromatic carbocycles. The molecule has 0 fully saturated rings. The minimum atomic E-state index is -0.608. The Morgan fingerprint density at radius 1 is 0.239 bits per heavy atom. The summed E-state index contributed by atoms with van der Waals surface area (Å²) in [6.07, 6.45) is 0. The first-order chi connectivity index (χ1) is 35.0. The maximum absolute atomic E-state index is 2.58. The van der Waals surface area contributed by atoms with E-state index in [-0.39, 0.29) is 5.41 Å². The van der Waals surface area contributed by atoms with E-state index in [4.69, 9.17) is 0 Å². The van der Waals surface area contributed by atoms with Gasteiger partial charge in [-0.2, -0.15) is 0 Å². The van der Waals surface area contributed by atoms with E-state index in [1.54, 1.807) is 0 Å². The maximum atomic E-state index is 2.58. The van der Waals surface area contributed by atoms with Crippen LogP contribution in [-0.4, -0.2) is 0 Å². The number of rotatable bonds is 3. The topological polar surface area (TPSA) is 3.24 Å². The molecule has 332 valence electrons. The smallest absolute Gasteiger partial charge is 0.0726 e. The van der Waals surface area contributed by atoms with E-state index in [9.17, 15) is 0 Å². The van der Waals surface area contributed by atoms with Crippen LogP contribution in [0.1, 0.15) is 47.2 Å². The summed E-state index contributed by atoms with van der Waals surface area (Å²) in [5, 5.41) is 0. The zero-order chi connectivity index (χ0) is 47.0. The fourth-order valence-corrected chi connectivity index (χ4v) is 13.5. The largest absolute Gasteiger partial charge is 0.310 e. The molecule has 0 aliphatic heterocycles. The van der Waals surface area contributed by atoms with Crippen molar-refractivity contribution < 1.29 is 0 Å². The lowest BCUT2D eigenvalue weighted by molar-refractivity contribution is 0.660. The number of benzene rings is 11. The third kappa shape index (κ3) is 5.41. The number of hydrogen-bond donors (Lipinski definition) is 0. The van der Waals surface area contributed by atoms with Gasteiger partial charge in [-0.1, -0.05) is 232 Å². The van der Waals surface area contributed by atoms with Crippen molar-refractivity contribution >= 4 is 17.1 Å². The first-order valence-corrected chi connectivity index (χ1v) is 25.0. The van der Waals surface area contributed by atoms with Crippen LogP contribution in [0.2, 0.25) is 0 Å². The third-order valence-corrected chi connectivity index (χ3v) is 16.5.